The first kappa shape index (κ1) is 33.6. The molecule has 0 bridgehead atoms. The summed E-state index contributed by atoms with van der Waals surface area (Å²) in [5.41, 5.74) is 14.5. The summed E-state index contributed by atoms with van der Waals surface area (Å²) in [5, 5.41) is 7.25. The third-order valence-electron chi connectivity index (χ3n) is 11.4. The van der Waals surface area contributed by atoms with Crippen molar-refractivity contribution >= 4 is 60.5 Å². The first-order valence-electron chi connectivity index (χ1n) is 19.8. The van der Waals surface area contributed by atoms with Gasteiger partial charge in [-0.2, -0.15) is 0 Å². The van der Waals surface area contributed by atoms with Gasteiger partial charge in [0, 0.05) is 27.8 Å². The van der Waals surface area contributed by atoms with Crippen LogP contribution in [0.3, 0.4) is 0 Å². The van der Waals surface area contributed by atoms with E-state index in [-0.39, 0.29) is 0 Å². The molecule has 0 saturated heterocycles. The molecule has 1 heterocycles. The summed E-state index contributed by atoms with van der Waals surface area (Å²) in [4.78, 5) is 2.37. The van der Waals surface area contributed by atoms with Crippen LogP contribution in [0.25, 0.3) is 88.0 Å². The van der Waals surface area contributed by atoms with Gasteiger partial charge in [-0.1, -0.05) is 164 Å². The fraction of sp³-hybridized carbons (Fsp3) is 0. The van der Waals surface area contributed by atoms with Gasteiger partial charge in [0.15, 0.2) is 0 Å². The van der Waals surface area contributed by atoms with E-state index < -0.39 is 0 Å². The van der Waals surface area contributed by atoms with Gasteiger partial charge in [0.1, 0.15) is 11.2 Å². The van der Waals surface area contributed by atoms with Gasteiger partial charge in [-0.05, 0) is 127 Å². The molecule has 0 unspecified atom stereocenters. The zero-order chi connectivity index (χ0) is 38.4. The molecule has 0 saturated carbocycles. The molecule has 0 aliphatic rings. The lowest BCUT2D eigenvalue weighted by Crippen LogP contribution is -2.10. The van der Waals surface area contributed by atoms with Gasteiger partial charge in [0.2, 0.25) is 0 Å². The molecule has 10 aromatic carbocycles. The lowest BCUT2D eigenvalue weighted by molar-refractivity contribution is 0.669. The summed E-state index contributed by atoms with van der Waals surface area (Å²) < 4.78 is 6.17. The highest BCUT2D eigenvalue weighted by Gasteiger charge is 2.16. The van der Waals surface area contributed by atoms with E-state index in [1.54, 1.807) is 0 Å². The molecule has 272 valence electrons. The second-order valence-corrected chi connectivity index (χ2v) is 15.0. The molecule has 2 nitrogen and oxygen atoms in total. The molecule has 11 aromatic rings. The molecule has 0 aliphatic carbocycles. The molecule has 11 rings (SSSR count). The Balaban J connectivity index is 0.986. The second kappa shape index (κ2) is 14.1. The predicted octanol–water partition coefficient (Wildman–Crippen LogP) is 16.0. The summed E-state index contributed by atoms with van der Waals surface area (Å²) in [7, 11) is 0. The topological polar surface area (TPSA) is 16.4 Å². The Kier molecular flexibility index (Phi) is 8.19. The van der Waals surface area contributed by atoms with Gasteiger partial charge in [-0.3, -0.25) is 0 Å². The number of nitrogens with zero attached hydrogens (tertiary/aromatic N) is 1. The van der Waals surface area contributed by atoms with Gasteiger partial charge in [0.25, 0.3) is 0 Å². The van der Waals surface area contributed by atoms with Crippen molar-refractivity contribution in [1.29, 1.82) is 0 Å². The highest BCUT2D eigenvalue weighted by atomic mass is 16.3. The van der Waals surface area contributed by atoms with Crippen LogP contribution in [-0.2, 0) is 0 Å². The van der Waals surface area contributed by atoms with Gasteiger partial charge >= 0.3 is 0 Å². The Morgan fingerprint density at radius 3 is 1.57 bits per heavy atom. The van der Waals surface area contributed by atoms with Crippen LogP contribution in [0.5, 0.6) is 0 Å². The molecule has 2 heteroatoms. The van der Waals surface area contributed by atoms with Crippen molar-refractivity contribution in [2.75, 3.05) is 4.90 Å². The monoisotopic (exact) mass is 739 g/mol. The molecule has 0 N–H and O–H groups in total. The Hall–Kier alpha value is -7.68. The summed E-state index contributed by atoms with van der Waals surface area (Å²) in [6, 6.07) is 80.8. The van der Waals surface area contributed by atoms with Crippen LogP contribution < -0.4 is 4.90 Å². The van der Waals surface area contributed by atoms with Crippen molar-refractivity contribution in [2.24, 2.45) is 0 Å². The highest BCUT2D eigenvalue weighted by molar-refractivity contribution is 6.06. The maximum absolute atomic E-state index is 6.17. The Bertz CT molecular complexity index is 3280. The average Bonchev–Trinajstić information content (AvgIpc) is 3.67. The molecular formula is C56H37NO. The Morgan fingerprint density at radius 1 is 0.259 bits per heavy atom. The van der Waals surface area contributed by atoms with E-state index in [1.165, 1.54) is 54.9 Å². The molecule has 1 aromatic heterocycles. The molecule has 0 spiro atoms. The zero-order valence-electron chi connectivity index (χ0n) is 31.7. The van der Waals surface area contributed by atoms with Crippen LogP contribution in [0.2, 0.25) is 0 Å². The molecule has 0 aliphatic heterocycles. The summed E-state index contributed by atoms with van der Waals surface area (Å²) >= 11 is 0. The lowest BCUT2D eigenvalue weighted by Gasteiger charge is -2.27. The zero-order valence-corrected chi connectivity index (χ0v) is 31.7. The molecule has 58 heavy (non-hydrogen) atoms. The third kappa shape index (κ3) is 6.09. The van der Waals surface area contributed by atoms with Crippen LogP contribution in [0.15, 0.2) is 229 Å². The standard InChI is InChI=1S/C56H37NO/c1-2-12-43-34-45(27-26-38(43)10-1)41-24-22-39(23-25-41)40-28-31-48(32-29-40)57(50-17-8-15-47(36-50)52-20-9-13-42-11-3-4-18-51(42)52)49-16-7-14-44(35-49)46-30-33-56-54(37-46)53-19-5-6-21-55(53)58-56/h1-37H. The van der Waals surface area contributed by atoms with Crippen molar-refractivity contribution in [3.05, 3.63) is 224 Å². The minimum Gasteiger partial charge on any atom is -0.456 e. The lowest BCUT2D eigenvalue weighted by atomic mass is 9.97. The quantitative estimate of drug-likeness (QED) is 0.162. The Labute approximate surface area is 337 Å². The number of rotatable bonds is 7. The number of furan rings is 1. The van der Waals surface area contributed by atoms with Crippen molar-refractivity contribution in [3.63, 3.8) is 0 Å². The highest BCUT2D eigenvalue weighted by Crippen LogP contribution is 2.41. The van der Waals surface area contributed by atoms with E-state index in [4.69, 9.17) is 4.42 Å². The van der Waals surface area contributed by atoms with E-state index in [2.05, 4.69) is 217 Å². The predicted molar refractivity (Wildman–Crippen MR) is 245 cm³/mol. The maximum atomic E-state index is 6.17. The number of hydrogen-bond acceptors (Lipinski definition) is 2. The number of anilines is 3. The number of hydrogen-bond donors (Lipinski definition) is 0. The summed E-state index contributed by atoms with van der Waals surface area (Å²) in [6.45, 7) is 0. The first-order valence-corrected chi connectivity index (χ1v) is 19.8. The number of para-hydroxylation sites is 1. The fourth-order valence-corrected chi connectivity index (χ4v) is 8.49. The van der Waals surface area contributed by atoms with E-state index >= 15 is 0 Å². The van der Waals surface area contributed by atoms with Crippen molar-refractivity contribution in [1.82, 2.24) is 0 Å². The SMILES string of the molecule is c1cc(-c2ccc3oc4ccccc4c3c2)cc(N(c2ccc(-c3ccc(-c4ccc5ccccc5c4)cc3)cc2)c2cccc(-c3cccc4ccccc34)c2)c1. The molecule has 0 atom stereocenters. The van der Waals surface area contributed by atoms with Gasteiger partial charge < -0.3 is 9.32 Å². The van der Waals surface area contributed by atoms with Gasteiger partial charge in [-0.25, -0.2) is 0 Å². The van der Waals surface area contributed by atoms with E-state index in [9.17, 15) is 0 Å². The van der Waals surface area contributed by atoms with Crippen molar-refractivity contribution in [2.45, 2.75) is 0 Å². The number of fused-ring (bicyclic) bond motifs is 5. The molecule has 0 amide bonds. The van der Waals surface area contributed by atoms with Crippen molar-refractivity contribution < 1.29 is 4.42 Å². The minimum atomic E-state index is 0.899. The summed E-state index contributed by atoms with van der Waals surface area (Å²) in [5.74, 6) is 0. The fourth-order valence-electron chi connectivity index (χ4n) is 8.49. The average molecular weight is 740 g/mol. The smallest absolute Gasteiger partial charge is 0.135 e. The van der Waals surface area contributed by atoms with E-state index in [0.717, 1.165) is 50.1 Å². The first-order chi connectivity index (χ1) is 28.7. The van der Waals surface area contributed by atoms with Crippen LogP contribution in [0, 0.1) is 0 Å². The molecule has 0 fully saturated rings. The Morgan fingerprint density at radius 2 is 0.776 bits per heavy atom. The molecule has 0 radical (unpaired) electrons. The number of benzene rings is 10. The third-order valence-corrected chi connectivity index (χ3v) is 11.4. The normalized spacial score (nSPS) is 11.4. The second-order valence-electron chi connectivity index (χ2n) is 15.0. The van der Waals surface area contributed by atoms with Gasteiger partial charge in [-0.15, -0.1) is 0 Å². The summed E-state index contributed by atoms with van der Waals surface area (Å²) in [6.07, 6.45) is 0. The minimum absolute atomic E-state index is 0.899. The van der Waals surface area contributed by atoms with Crippen LogP contribution in [-0.4, -0.2) is 0 Å². The van der Waals surface area contributed by atoms with E-state index in [0.29, 0.717) is 0 Å². The van der Waals surface area contributed by atoms with Crippen molar-refractivity contribution in [3.8, 4) is 44.5 Å². The van der Waals surface area contributed by atoms with Crippen LogP contribution in [0.4, 0.5) is 17.1 Å². The van der Waals surface area contributed by atoms with Gasteiger partial charge in [0.05, 0.1) is 0 Å². The maximum Gasteiger partial charge on any atom is 0.135 e. The molecular weight excluding hydrogens is 703 g/mol. The van der Waals surface area contributed by atoms with Crippen LogP contribution in [0.1, 0.15) is 0 Å². The largest absolute Gasteiger partial charge is 0.456 e. The van der Waals surface area contributed by atoms with E-state index in [1.807, 2.05) is 12.1 Å². The van der Waals surface area contributed by atoms with Crippen LogP contribution >= 0.6 is 0 Å².